The van der Waals surface area contributed by atoms with Crippen LogP contribution in [0.25, 0.3) is 0 Å². The summed E-state index contributed by atoms with van der Waals surface area (Å²) >= 11 is 0. The number of hydrogen-bond donors (Lipinski definition) is 1. The minimum absolute atomic E-state index is 0.558. The zero-order chi connectivity index (χ0) is 17.2. The molecule has 0 fully saturated rings. The van der Waals surface area contributed by atoms with Gasteiger partial charge in [-0.1, -0.05) is 56.3 Å². The van der Waals surface area contributed by atoms with Gasteiger partial charge in [-0.25, -0.2) is 0 Å². The van der Waals surface area contributed by atoms with E-state index in [1.165, 1.54) is 16.7 Å². The Bertz CT molecular complexity index is 593. The summed E-state index contributed by atoms with van der Waals surface area (Å²) in [6, 6.07) is 16.9. The van der Waals surface area contributed by atoms with Gasteiger partial charge < -0.3 is 9.47 Å². The molecule has 1 N–H and O–H groups in total. The van der Waals surface area contributed by atoms with E-state index in [2.05, 4.69) is 55.6 Å². The highest BCUT2D eigenvalue weighted by Gasteiger charge is 2.02. The second kappa shape index (κ2) is 10.1. The van der Waals surface area contributed by atoms with Crippen LogP contribution in [-0.2, 0) is 17.8 Å². The Hall–Kier alpha value is -1.84. The number of nitrogens with one attached hydrogen (secondary N) is 1. The lowest BCUT2D eigenvalue weighted by atomic mass is 10.0. The molecule has 0 saturated heterocycles. The topological polar surface area (TPSA) is 30.5 Å². The van der Waals surface area contributed by atoms with Crippen molar-refractivity contribution < 1.29 is 9.47 Å². The fourth-order valence-corrected chi connectivity index (χ4v) is 2.54. The molecule has 3 heteroatoms. The van der Waals surface area contributed by atoms with E-state index in [0.29, 0.717) is 25.9 Å². The molecule has 130 valence electrons. The predicted molar refractivity (Wildman–Crippen MR) is 99.5 cm³/mol. The maximum atomic E-state index is 5.69. The molecule has 0 spiro atoms. The van der Waals surface area contributed by atoms with E-state index in [-0.39, 0.29) is 0 Å². The minimum atomic E-state index is 0.558. The Morgan fingerprint density at radius 1 is 1.00 bits per heavy atom. The van der Waals surface area contributed by atoms with Gasteiger partial charge >= 0.3 is 0 Å². The summed E-state index contributed by atoms with van der Waals surface area (Å²) in [6.45, 7) is 9.19. The molecular formula is C21H29NO2. The van der Waals surface area contributed by atoms with Gasteiger partial charge in [0.1, 0.15) is 5.75 Å². The summed E-state index contributed by atoms with van der Waals surface area (Å²) in [5.41, 5.74) is 3.81. The zero-order valence-corrected chi connectivity index (χ0v) is 15.0. The lowest BCUT2D eigenvalue weighted by Gasteiger charge is -2.11. The van der Waals surface area contributed by atoms with Crippen LogP contribution in [-0.4, -0.2) is 19.9 Å². The smallest absolute Gasteiger partial charge is 0.122 e. The Labute approximate surface area is 146 Å². The molecule has 0 aliphatic heterocycles. The van der Waals surface area contributed by atoms with Crippen LogP contribution >= 0.6 is 0 Å². The lowest BCUT2D eigenvalue weighted by Crippen LogP contribution is -2.20. The fraction of sp³-hybridized carbons (Fsp3) is 0.429. The maximum absolute atomic E-state index is 5.69. The van der Waals surface area contributed by atoms with Crippen LogP contribution < -0.4 is 10.1 Å². The van der Waals surface area contributed by atoms with Gasteiger partial charge in [0.25, 0.3) is 0 Å². The SMILES string of the molecule is CCOc1ccccc1CCNCOCc1ccc(C(C)C)cc1. The van der Waals surface area contributed by atoms with Gasteiger partial charge in [0.2, 0.25) is 0 Å². The maximum Gasteiger partial charge on any atom is 0.122 e. The van der Waals surface area contributed by atoms with Crippen LogP contribution in [0.5, 0.6) is 5.75 Å². The van der Waals surface area contributed by atoms with Crippen molar-refractivity contribution >= 4 is 0 Å². The molecule has 24 heavy (non-hydrogen) atoms. The van der Waals surface area contributed by atoms with Gasteiger partial charge in [0.05, 0.1) is 19.9 Å². The van der Waals surface area contributed by atoms with Crippen LogP contribution in [0.15, 0.2) is 48.5 Å². The Morgan fingerprint density at radius 2 is 1.75 bits per heavy atom. The molecule has 2 aromatic rings. The first-order chi connectivity index (χ1) is 11.7. The molecule has 0 radical (unpaired) electrons. The van der Waals surface area contributed by atoms with Gasteiger partial charge in [-0.2, -0.15) is 0 Å². The summed E-state index contributed by atoms with van der Waals surface area (Å²) in [5.74, 6) is 1.55. The van der Waals surface area contributed by atoms with Crippen molar-refractivity contribution in [2.45, 2.75) is 39.7 Å². The third-order valence-electron chi connectivity index (χ3n) is 3.96. The summed E-state index contributed by atoms with van der Waals surface area (Å²) < 4.78 is 11.3. The molecule has 0 unspecified atom stereocenters. The van der Waals surface area contributed by atoms with Crippen molar-refractivity contribution in [1.82, 2.24) is 5.32 Å². The van der Waals surface area contributed by atoms with Gasteiger partial charge in [-0.05, 0) is 42.0 Å². The summed E-state index contributed by atoms with van der Waals surface area (Å²) in [6.07, 6.45) is 0.933. The Morgan fingerprint density at radius 3 is 2.46 bits per heavy atom. The molecular weight excluding hydrogens is 298 g/mol. The zero-order valence-electron chi connectivity index (χ0n) is 15.0. The van der Waals surface area contributed by atoms with E-state index in [1.54, 1.807) is 0 Å². The van der Waals surface area contributed by atoms with Gasteiger partial charge in [0, 0.05) is 6.54 Å². The van der Waals surface area contributed by atoms with E-state index >= 15 is 0 Å². The van der Waals surface area contributed by atoms with Crippen molar-refractivity contribution in [2.75, 3.05) is 19.9 Å². The van der Waals surface area contributed by atoms with Crippen LogP contribution in [0.4, 0.5) is 0 Å². The number of para-hydroxylation sites is 1. The van der Waals surface area contributed by atoms with Gasteiger partial charge in [-0.3, -0.25) is 5.32 Å². The second-order valence-corrected chi connectivity index (χ2v) is 6.18. The number of benzene rings is 2. The van der Waals surface area contributed by atoms with E-state index in [9.17, 15) is 0 Å². The summed E-state index contributed by atoms with van der Waals surface area (Å²) in [7, 11) is 0. The third-order valence-corrected chi connectivity index (χ3v) is 3.96. The molecule has 0 heterocycles. The summed E-state index contributed by atoms with van der Waals surface area (Å²) in [5, 5.41) is 3.33. The first-order valence-electron chi connectivity index (χ1n) is 8.78. The first-order valence-corrected chi connectivity index (χ1v) is 8.78. The van der Waals surface area contributed by atoms with Crippen LogP contribution in [0.2, 0.25) is 0 Å². The molecule has 0 aliphatic rings. The third kappa shape index (κ3) is 5.99. The van der Waals surface area contributed by atoms with Crippen molar-refractivity contribution in [3.63, 3.8) is 0 Å². The average Bonchev–Trinajstić information content (AvgIpc) is 2.60. The van der Waals surface area contributed by atoms with Crippen LogP contribution in [0, 0.1) is 0 Å². The average molecular weight is 327 g/mol. The highest BCUT2D eigenvalue weighted by Crippen LogP contribution is 2.18. The molecule has 0 aliphatic carbocycles. The number of hydrogen-bond acceptors (Lipinski definition) is 3. The van der Waals surface area contributed by atoms with E-state index in [0.717, 1.165) is 18.7 Å². The van der Waals surface area contributed by atoms with Crippen molar-refractivity contribution in [3.8, 4) is 5.75 Å². The normalized spacial score (nSPS) is 11.0. The molecule has 2 rings (SSSR count). The van der Waals surface area contributed by atoms with E-state index in [4.69, 9.17) is 9.47 Å². The van der Waals surface area contributed by atoms with Crippen LogP contribution in [0.3, 0.4) is 0 Å². The predicted octanol–water partition coefficient (Wildman–Crippen LogP) is 4.52. The molecule has 0 bridgehead atoms. The van der Waals surface area contributed by atoms with E-state index < -0.39 is 0 Å². The van der Waals surface area contributed by atoms with Gasteiger partial charge in [0.15, 0.2) is 0 Å². The van der Waals surface area contributed by atoms with Crippen molar-refractivity contribution in [3.05, 3.63) is 65.2 Å². The van der Waals surface area contributed by atoms with E-state index in [1.807, 2.05) is 19.1 Å². The molecule has 2 aromatic carbocycles. The molecule has 0 saturated carbocycles. The standard InChI is InChI=1S/C21H29NO2/c1-4-24-21-8-6-5-7-20(21)13-14-22-16-23-15-18-9-11-19(12-10-18)17(2)3/h5-12,17,22H,4,13-16H2,1-3H3. The molecule has 0 amide bonds. The Balaban J connectivity index is 1.65. The minimum Gasteiger partial charge on any atom is -0.494 e. The highest BCUT2D eigenvalue weighted by molar-refractivity contribution is 5.33. The van der Waals surface area contributed by atoms with Crippen molar-refractivity contribution in [1.29, 1.82) is 0 Å². The molecule has 3 nitrogen and oxygen atoms in total. The fourth-order valence-electron chi connectivity index (χ4n) is 2.54. The number of ether oxygens (including phenoxy) is 2. The lowest BCUT2D eigenvalue weighted by molar-refractivity contribution is 0.104. The Kier molecular flexibility index (Phi) is 7.80. The van der Waals surface area contributed by atoms with Crippen LogP contribution in [0.1, 0.15) is 43.4 Å². The quantitative estimate of drug-likeness (QED) is 0.514. The first kappa shape index (κ1) is 18.5. The van der Waals surface area contributed by atoms with Crippen molar-refractivity contribution in [2.24, 2.45) is 0 Å². The number of rotatable bonds is 10. The molecule has 0 aromatic heterocycles. The molecule has 0 atom stereocenters. The largest absolute Gasteiger partial charge is 0.494 e. The second-order valence-electron chi connectivity index (χ2n) is 6.18. The van der Waals surface area contributed by atoms with Gasteiger partial charge in [-0.15, -0.1) is 0 Å². The highest BCUT2D eigenvalue weighted by atomic mass is 16.5. The monoisotopic (exact) mass is 327 g/mol. The summed E-state index contributed by atoms with van der Waals surface area (Å²) in [4.78, 5) is 0.